The molecule has 0 aromatic carbocycles. The van der Waals surface area contributed by atoms with Crippen molar-refractivity contribution in [2.75, 3.05) is 5.32 Å². The van der Waals surface area contributed by atoms with E-state index in [4.69, 9.17) is 11.1 Å². The molecule has 9 heteroatoms. The lowest BCUT2D eigenvalue weighted by Gasteiger charge is -2.29. The minimum atomic E-state index is -4.81. The van der Waals surface area contributed by atoms with E-state index in [2.05, 4.69) is 15.0 Å². The molecule has 1 aliphatic carbocycles. The van der Waals surface area contributed by atoms with Crippen molar-refractivity contribution >= 4 is 17.6 Å². The Morgan fingerprint density at radius 1 is 1.38 bits per heavy atom. The van der Waals surface area contributed by atoms with Crippen molar-refractivity contribution in [1.82, 2.24) is 4.98 Å². The highest BCUT2D eigenvalue weighted by Gasteiger charge is 2.49. The zero-order valence-corrected chi connectivity index (χ0v) is 12.5. The molecule has 6 nitrogen and oxygen atoms in total. The van der Waals surface area contributed by atoms with Gasteiger partial charge in [0.15, 0.2) is 0 Å². The molecule has 0 radical (unpaired) electrons. The van der Waals surface area contributed by atoms with Crippen molar-refractivity contribution in [1.29, 1.82) is 5.41 Å². The Hall–Kier alpha value is -2.58. The van der Waals surface area contributed by atoms with Crippen molar-refractivity contribution in [3.8, 4) is 0 Å². The van der Waals surface area contributed by atoms with Gasteiger partial charge in [-0.2, -0.15) is 13.2 Å². The van der Waals surface area contributed by atoms with Crippen LogP contribution in [0.4, 0.5) is 23.8 Å². The quantitative estimate of drug-likeness (QED) is 0.718. The molecule has 1 aromatic heterocycles. The topological polar surface area (TPSA) is 101 Å². The van der Waals surface area contributed by atoms with Gasteiger partial charge < -0.3 is 10.5 Å². The van der Waals surface area contributed by atoms with E-state index in [1.54, 1.807) is 0 Å². The smallest absolute Gasteiger partial charge is 0.430 e. The molecule has 1 aliphatic heterocycles. The first kappa shape index (κ1) is 16.3. The maximum Gasteiger partial charge on any atom is 0.430 e. The predicted octanol–water partition coefficient (Wildman–Crippen LogP) is 3.40. The van der Waals surface area contributed by atoms with Gasteiger partial charge >= 0.3 is 12.3 Å². The summed E-state index contributed by atoms with van der Waals surface area (Å²) in [5.41, 5.74) is 6.56. The Morgan fingerprint density at radius 3 is 2.75 bits per heavy atom. The SMILES string of the molecule is N=C(C1=C(N)CCCC1)c1ccnc2c1C(C(F)(F)F)OC(=O)N2. The highest BCUT2D eigenvalue weighted by atomic mass is 19.4. The molecule has 0 spiro atoms. The summed E-state index contributed by atoms with van der Waals surface area (Å²) in [6.45, 7) is 0. The number of nitrogens with zero attached hydrogens (tertiary/aromatic N) is 1. The fraction of sp³-hybridized carbons (Fsp3) is 0.400. The fourth-order valence-corrected chi connectivity index (χ4v) is 2.96. The molecule has 0 saturated heterocycles. The molecule has 1 atom stereocenters. The number of fused-ring (bicyclic) bond motifs is 1. The average Bonchev–Trinajstić information content (AvgIpc) is 2.52. The van der Waals surface area contributed by atoms with E-state index in [9.17, 15) is 18.0 Å². The zero-order chi connectivity index (χ0) is 17.5. The van der Waals surface area contributed by atoms with Crippen LogP contribution >= 0.6 is 0 Å². The van der Waals surface area contributed by atoms with Crippen LogP contribution in [0.3, 0.4) is 0 Å². The van der Waals surface area contributed by atoms with E-state index >= 15 is 0 Å². The Kier molecular flexibility index (Phi) is 3.94. The third kappa shape index (κ3) is 2.81. The number of hydrogen-bond donors (Lipinski definition) is 3. The maximum absolute atomic E-state index is 13.3. The average molecular weight is 340 g/mol. The van der Waals surface area contributed by atoms with Gasteiger partial charge in [-0.05, 0) is 37.3 Å². The molecule has 0 bridgehead atoms. The van der Waals surface area contributed by atoms with E-state index in [1.165, 1.54) is 12.3 Å². The Labute approximate surface area is 135 Å². The zero-order valence-electron chi connectivity index (χ0n) is 12.5. The van der Waals surface area contributed by atoms with Gasteiger partial charge in [-0.15, -0.1) is 0 Å². The van der Waals surface area contributed by atoms with Gasteiger partial charge in [0, 0.05) is 17.5 Å². The molecule has 3 rings (SSSR count). The van der Waals surface area contributed by atoms with E-state index in [-0.39, 0.29) is 22.7 Å². The number of allylic oxidation sites excluding steroid dienone is 2. The Bertz CT molecular complexity index is 743. The van der Waals surface area contributed by atoms with Gasteiger partial charge in [-0.3, -0.25) is 10.7 Å². The first-order chi connectivity index (χ1) is 11.3. The molecular weight excluding hydrogens is 325 g/mol. The van der Waals surface area contributed by atoms with Gasteiger partial charge in [0.25, 0.3) is 0 Å². The number of aromatic nitrogens is 1. The van der Waals surface area contributed by atoms with Crippen molar-refractivity contribution < 1.29 is 22.7 Å². The van der Waals surface area contributed by atoms with E-state index < -0.39 is 18.4 Å². The van der Waals surface area contributed by atoms with Gasteiger partial charge in [-0.25, -0.2) is 9.78 Å². The highest BCUT2D eigenvalue weighted by Crippen LogP contribution is 2.43. The molecule has 128 valence electrons. The second-order valence-corrected chi connectivity index (χ2v) is 5.66. The van der Waals surface area contributed by atoms with Crippen LogP contribution in [0.15, 0.2) is 23.5 Å². The number of nitrogens with one attached hydrogen (secondary N) is 2. The molecule has 0 saturated carbocycles. The van der Waals surface area contributed by atoms with Crippen LogP contribution in [0.1, 0.15) is 42.9 Å². The lowest BCUT2D eigenvalue weighted by molar-refractivity contribution is -0.206. The minimum absolute atomic E-state index is 0.0159. The number of halogens is 3. The standard InChI is InChI=1S/C15H15F3N4O2/c16-15(17,18)12-10-8(5-6-21-13(10)22-14(23)24-12)11(20)7-3-1-2-4-9(7)19/h5-6,12,20H,1-4,19H2,(H,21,22,23). The second kappa shape index (κ2) is 5.81. The van der Waals surface area contributed by atoms with Crippen LogP contribution in [-0.4, -0.2) is 23.0 Å². The Balaban J connectivity index is 2.13. The number of carbonyl (C=O) groups excluding carboxylic acids is 1. The number of rotatable bonds is 2. The summed E-state index contributed by atoms with van der Waals surface area (Å²) in [6.07, 6.45) is -4.39. The summed E-state index contributed by atoms with van der Waals surface area (Å²) in [6, 6.07) is 1.32. The van der Waals surface area contributed by atoms with Crippen molar-refractivity contribution in [2.24, 2.45) is 5.73 Å². The number of hydrogen-bond acceptors (Lipinski definition) is 5. The lowest BCUT2D eigenvalue weighted by Crippen LogP contribution is -2.35. The number of alkyl halides is 3. The number of carbonyl (C=O) groups is 1. The third-order valence-electron chi connectivity index (χ3n) is 4.08. The summed E-state index contributed by atoms with van der Waals surface area (Å²) >= 11 is 0. The van der Waals surface area contributed by atoms with Crippen LogP contribution in [0.5, 0.6) is 0 Å². The van der Waals surface area contributed by atoms with Gasteiger partial charge in [-0.1, -0.05) is 0 Å². The normalized spacial score (nSPS) is 21.0. The number of pyridine rings is 1. The number of cyclic esters (lactones) is 1. The van der Waals surface area contributed by atoms with E-state index in [0.29, 0.717) is 24.1 Å². The largest absolute Gasteiger partial charge is 0.431 e. The lowest BCUT2D eigenvalue weighted by atomic mass is 9.87. The highest BCUT2D eigenvalue weighted by molar-refractivity contribution is 6.13. The molecule has 4 N–H and O–H groups in total. The van der Waals surface area contributed by atoms with Gasteiger partial charge in [0.1, 0.15) is 5.82 Å². The summed E-state index contributed by atoms with van der Waals surface area (Å²) in [5.74, 6) is -0.245. The first-order valence-electron chi connectivity index (χ1n) is 7.39. The van der Waals surface area contributed by atoms with Crippen LogP contribution in [0, 0.1) is 5.41 Å². The predicted molar refractivity (Wildman–Crippen MR) is 79.6 cm³/mol. The number of amides is 1. The van der Waals surface area contributed by atoms with Crippen LogP contribution in [0.2, 0.25) is 0 Å². The molecule has 1 amide bonds. The first-order valence-corrected chi connectivity index (χ1v) is 7.39. The molecule has 1 unspecified atom stereocenters. The van der Waals surface area contributed by atoms with E-state index in [0.717, 1.165) is 12.8 Å². The summed E-state index contributed by atoms with van der Waals surface area (Å²) in [7, 11) is 0. The molecular formula is C15H15F3N4O2. The fourth-order valence-electron chi connectivity index (χ4n) is 2.96. The number of nitrogens with two attached hydrogens (primary N) is 1. The third-order valence-corrected chi connectivity index (χ3v) is 4.08. The molecule has 1 aromatic rings. The van der Waals surface area contributed by atoms with Crippen LogP contribution < -0.4 is 11.1 Å². The molecule has 2 aliphatic rings. The summed E-state index contributed by atoms with van der Waals surface area (Å²) in [4.78, 5) is 15.1. The number of anilines is 1. The van der Waals surface area contributed by atoms with Crippen molar-refractivity contribution in [3.63, 3.8) is 0 Å². The van der Waals surface area contributed by atoms with Crippen molar-refractivity contribution in [3.05, 3.63) is 34.7 Å². The molecule has 0 fully saturated rings. The van der Waals surface area contributed by atoms with Crippen LogP contribution in [0.25, 0.3) is 0 Å². The number of ether oxygens (including phenoxy) is 1. The second-order valence-electron chi connectivity index (χ2n) is 5.66. The Morgan fingerprint density at radius 2 is 2.08 bits per heavy atom. The van der Waals surface area contributed by atoms with Crippen molar-refractivity contribution in [2.45, 2.75) is 38.0 Å². The van der Waals surface area contributed by atoms with E-state index in [1.807, 2.05) is 0 Å². The monoisotopic (exact) mass is 340 g/mol. The summed E-state index contributed by atoms with van der Waals surface area (Å²) < 4.78 is 44.4. The minimum Gasteiger partial charge on any atom is -0.431 e. The molecule has 2 heterocycles. The van der Waals surface area contributed by atoms with Gasteiger partial charge in [0.05, 0.1) is 11.3 Å². The van der Waals surface area contributed by atoms with Crippen LogP contribution in [-0.2, 0) is 4.74 Å². The summed E-state index contributed by atoms with van der Waals surface area (Å²) in [5, 5.41) is 10.5. The molecule has 24 heavy (non-hydrogen) atoms. The van der Waals surface area contributed by atoms with Gasteiger partial charge in [0.2, 0.25) is 6.10 Å². The maximum atomic E-state index is 13.3.